The predicted octanol–water partition coefficient (Wildman–Crippen LogP) is 7.26. The highest BCUT2D eigenvalue weighted by atomic mass is 16.9. The fraction of sp³-hybridized carbons (Fsp3) is 0.324. The van der Waals surface area contributed by atoms with Gasteiger partial charge in [0, 0.05) is 45.7 Å². The van der Waals surface area contributed by atoms with Crippen molar-refractivity contribution in [2.75, 3.05) is 0 Å². The van der Waals surface area contributed by atoms with Crippen LogP contribution in [0.25, 0.3) is 0 Å². The monoisotopic (exact) mass is 594 g/mol. The van der Waals surface area contributed by atoms with Crippen LogP contribution < -0.4 is 9.47 Å². The molecule has 0 atom stereocenters. The molecule has 228 valence electrons. The number of hydrogen-bond donors (Lipinski definition) is 2. The van der Waals surface area contributed by atoms with Crippen LogP contribution in [0.1, 0.15) is 95.4 Å². The molecule has 7 nitrogen and oxygen atoms in total. The van der Waals surface area contributed by atoms with E-state index in [0.717, 1.165) is 28.0 Å². The Bertz CT molecular complexity index is 1650. The number of fused-ring (bicyclic) bond motifs is 1. The summed E-state index contributed by atoms with van der Waals surface area (Å²) in [5.41, 5.74) is 6.84. The minimum absolute atomic E-state index is 0.0689. The molecule has 0 aromatic heterocycles. The molecule has 0 saturated carbocycles. The largest absolute Gasteiger partial charge is 0.457 e. The summed E-state index contributed by atoms with van der Waals surface area (Å²) in [7, 11) is 0. The van der Waals surface area contributed by atoms with Crippen LogP contribution in [0.2, 0.25) is 0 Å². The summed E-state index contributed by atoms with van der Waals surface area (Å²) in [6, 6.07) is 22.6. The Morgan fingerprint density at radius 1 is 0.841 bits per heavy atom. The van der Waals surface area contributed by atoms with E-state index < -0.39 is 11.4 Å². The fourth-order valence-corrected chi connectivity index (χ4v) is 5.79. The van der Waals surface area contributed by atoms with Gasteiger partial charge in [-0.2, -0.15) is 0 Å². The van der Waals surface area contributed by atoms with Crippen molar-refractivity contribution in [2.24, 2.45) is 0 Å². The normalized spacial score (nSPS) is 15.2. The van der Waals surface area contributed by atoms with Gasteiger partial charge in [-0.05, 0) is 71.1 Å². The number of ketones is 1. The zero-order valence-electron chi connectivity index (χ0n) is 25.8. The van der Waals surface area contributed by atoms with E-state index in [2.05, 4.69) is 39.8 Å². The van der Waals surface area contributed by atoms with Crippen molar-refractivity contribution in [3.05, 3.63) is 123 Å². The molecule has 7 heteroatoms. The molecule has 2 bridgehead atoms. The quantitative estimate of drug-likeness (QED) is 0.197. The molecule has 4 aromatic rings. The van der Waals surface area contributed by atoms with Gasteiger partial charge in [0.05, 0.1) is 26.4 Å². The molecule has 2 heterocycles. The number of aliphatic hydroxyl groups is 2. The number of ether oxygens (including phenoxy) is 4. The summed E-state index contributed by atoms with van der Waals surface area (Å²) < 4.78 is 23.8. The zero-order chi connectivity index (χ0) is 31.2. The lowest BCUT2D eigenvalue weighted by Gasteiger charge is -2.40. The van der Waals surface area contributed by atoms with Crippen molar-refractivity contribution >= 4 is 5.78 Å². The number of aliphatic hydroxyl groups excluding tert-OH is 2. The molecular weight excluding hydrogens is 556 g/mol. The SMILES string of the molecule is CC(C)c1ccc(C(=O)c2ccc(Oc3c(CO)cc(C(C)(C)c4cc5c6c(c4)COC(C)(OC5)O6)cc3CO)cc2)cc1. The van der Waals surface area contributed by atoms with Crippen molar-refractivity contribution in [2.45, 2.75) is 78.4 Å². The Labute approximate surface area is 258 Å². The van der Waals surface area contributed by atoms with Crippen LogP contribution in [0, 0.1) is 0 Å². The third-order valence-electron chi connectivity index (χ3n) is 8.71. The van der Waals surface area contributed by atoms with E-state index in [9.17, 15) is 15.0 Å². The van der Waals surface area contributed by atoms with Crippen LogP contribution in [0.5, 0.6) is 17.2 Å². The summed E-state index contributed by atoms with van der Waals surface area (Å²) in [6.07, 6.45) is 0. The van der Waals surface area contributed by atoms with Crippen LogP contribution in [-0.4, -0.2) is 22.0 Å². The average molecular weight is 595 g/mol. The Kier molecular flexibility index (Phi) is 7.84. The third kappa shape index (κ3) is 5.53. The molecule has 6 rings (SSSR count). The maximum absolute atomic E-state index is 13.1. The molecule has 4 aromatic carbocycles. The van der Waals surface area contributed by atoms with Gasteiger partial charge in [-0.15, -0.1) is 0 Å². The molecule has 2 aliphatic rings. The average Bonchev–Trinajstić information content (AvgIpc) is 3.03. The lowest BCUT2D eigenvalue weighted by Crippen LogP contribution is -2.44. The maximum Gasteiger partial charge on any atom is 0.324 e. The molecule has 0 amide bonds. The van der Waals surface area contributed by atoms with Crippen molar-refractivity contribution in [1.82, 2.24) is 0 Å². The number of rotatable bonds is 9. The van der Waals surface area contributed by atoms with Gasteiger partial charge in [-0.1, -0.05) is 52.0 Å². The first kappa shape index (κ1) is 30.0. The van der Waals surface area contributed by atoms with E-state index >= 15 is 0 Å². The Hall–Kier alpha value is -4.01. The van der Waals surface area contributed by atoms with Crippen LogP contribution in [0.15, 0.2) is 72.8 Å². The molecule has 0 radical (unpaired) electrons. The van der Waals surface area contributed by atoms with Gasteiger partial charge in [0.1, 0.15) is 17.2 Å². The van der Waals surface area contributed by atoms with Gasteiger partial charge in [-0.25, -0.2) is 0 Å². The van der Waals surface area contributed by atoms with Crippen LogP contribution >= 0.6 is 0 Å². The lowest BCUT2D eigenvalue weighted by molar-refractivity contribution is -0.361. The Morgan fingerprint density at radius 2 is 1.34 bits per heavy atom. The Balaban J connectivity index is 1.27. The van der Waals surface area contributed by atoms with Gasteiger partial charge in [0.15, 0.2) is 5.78 Å². The van der Waals surface area contributed by atoms with Crippen molar-refractivity contribution in [3.63, 3.8) is 0 Å². The second-order valence-corrected chi connectivity index (χ2v) is 12.5. The predicted molar refractivity (Wildman–Crippen MR) is 166 cm³/mol. The minimum atomic E-state index is -1.05. The maximum atomic E-state index is 13.1. The first-order valence-corrected chi connectivity index (χ1v) is 14.9. The highest BCUT2D eigenvalue weighted by molar-refractivity contribution is 6.09. The van der Waals surface area contributed by atoms with E-state index in [1.165, 1.54) is 5.56 Å². The van der Waals surface area contributed by atoms with E-state index in [4.69, 9.17) is 18.9 Å². The molecule has 2 aliphatic heterocycles. The second kappa shape index (κ2) is 11.5. The summed E-state index contributed by atoms with van der Waals surface area (Å²) >= 11 is 0. The minimum Gasteiger partial charge on any atom is -0.457 e. The highest BCUT2D eigenvalue weighted by Gasteiger charge is 2.40. The molecular formula is C37H38O7. The summed E-state index contributed by atoms with van der Waals surface area (Å²) in [4.78, 5) is 13.1. The number of carbonyl (C=O) groups excluding carboxylic acids is 1. The molecule has 0 spiro atoms. The number of benzene rings is 4. The molecule has 0 fully saturated rings. The van der Waals surface area contributed by atoms with Crippen LogP contribution in [0.4, 0.5) is 0 Å². The van der Waals surface area contributed by atoms with Gasteiger partial charge >= 0.3 is 5.97 Å². The fourth-order valence-electron chi connectivity index (χ4n) is 5.79. The lowest BCUT2D eigenvalue weighted by atomic mass is 9.75. The van der Waals surface area contributed by atoms with Gasteiger partial charge in [0.2, 0.25) is 0 Å². The summed E-state index contributed by atoms with van der Waals surface area (Å²) in [5.74, 6) is 0.986. The number of carbonyl (C=O) groups is 1. The smallest absolute Gasteiger partial charge is 0.324 e. The van der Waals surface area contributed by atoms with E-state index in [1.54, 1.807) is 31.2 Å². The molecule has 0 unspecified atom stereocenters. The Morgan fingerprint density at radius 3 is 1.84 bits per heavy atom. The van der Waals surface area contributed by atoms with Crippen LogP contribution in [0.3, 0.4) is 0 Å². The van der Waals surface area contributed by atoms with Crippen molar-refractivity contribution in [3.8, 4) is 17.2 Å². The van der Waals surface area contributed by atoms with Crippen LogP contribution in [-0.2, 0) is 41.3 Å². The zero-order valence-corrected chi connectivity index (χ0v) is 25.8. The third-order valence-corrected chi connectivity index (χ3v) is 8.71. The van der Waals surface area contributed by atoms with E-state index in [-0.39, 0.29) is 19.0 Å². The van der Waals surface area contributed by atoms with Crippen molar-refractivity contribution < 1.29 is 34.0 Å². The van der Waals surface area contributed by atoms with Crippen molar-refractivity contribution in [1.29, 1.82) is 0 Å². The van der Waals surface area contributed by atoms with E-state index in [0.29, 0.717) is 52.9 Å². The summed E-state index contributed by atoms with van der Waals surface area (Å²) in [5, 5.41) is 20.8. The standard InChI is InChI=1S/C37H38O7/c1-22(2)23-6-8-24(9-7-23)33(40)25-10-12-32(13-11-25)43-34-26(18-38)14-30(15-27(34)19-39)36(3,4)31-16-28-20-41-37(5)42-21-29(17-31)35(28)44-37/h6-17,22,38-39H,18-21H2,1-5H3. The highest BCUT2D eigenvalue weighted by Crippen LogP contribution is 2.45. The molecule has 44 heavy (non-hydrogen) atoms. The van der Waals surface area contributed by atoms with Gasteiger partial charge in [-0.3, -0.25) is 4.79 Å². The first-order chi connectivity index (χ1) is 21.0. The molecule has 0 aliphatic carbocycles. The number of hydrogen-bond acceptors (Lipinski definition) is 7. The first-order valence-electron chi connectivity index (χ1n) is 14.9. The topological polar surface area (TPSA) is 94.5 Å². The second-order valence-electron chi connectivity index (χ2n) is 12.5. The van der Waals surface area contributed by atoms with E-state index in [1.807, 2.05) is 36.4 Å². The molecule has 0 saturated heterocycles. The van der Waals surface area contributed by atoms with Gasteiger partial charge in [0.25, 0.3) is 0 Å². The molecule has 2 N–H and O–H groups in total. The summed E-state index contributed by atoms with van der Waals surface area (Å²) in [6.45, 7) is 10.4. The van der Waals surface area contributed by atoms with Gasteiger partial charge < -0.3 is 29.2 Å².